The molecular formula is C22H23ClN2O2. The average molecular weight is 383 g/mol. The number of rotatable bonds is 6. The van der Waals surface area contributed by atoms with Gasteiger partial charge in [-0.25, -0.2) is 4.98 Å². The molecule has 140 valence electrons. The Balaban J connectivity index is 1.94. The van der Waals surface area contributed by atoms with Crippen molar-refractivity contribution in [3.63, 3.8) is 0 Å². The highest BCUT2D eigenvalue weighted by Gasteiger charge is 2.19. The summed E-state index contributed by atoms with van der Waals surface area (Å²) in [5.41, 5.74) is 4.47. The number of ether oxygens (including phenoxy) is 1. The smallest absolute Gasteiger partial charge is 0.254 e. The van der Waals surface area contributed by atoms with Crippen molar-refractivity contribution in [2.45, 2.75) is 20.4 Å². The molecule has 3 rings (SSSR count). The zero-order valence-corrected chi connectivity index (χ0v) is 16.6. The van der Waals surface area contributed by atoms with E-state index in [0.717, 1.165) is 27.6 Å². The number of amides is 1. The maximum atomic E-state index is 13.1. The fourth-order valence-electron chi connectivity index (χ4n) is 3.07. The molecule has 0 aliphatic carbocycles. The summed E-state index contributed by atoms with van der Waals surface area (Å²) in [6.45, 7) is 5.29. The minimum Gasteiger partial charge on any atom is -0.383 e. The van der Waals surface area contributed by atoms with E-state index in [2.05, 4.69) is 11.1 Å². The maximum absolute atomic E-state index is 13.1. The molecule has 0 fully saturated rings. The number of carbonyl (C=O) groups is 1. The van der Waals surface area contributed by atoms with Gasteiger partial charge in [-0.05, 0) is 43.7 Å². The number of hydrogen-bond acceptors (Lipinski definition) is 3. The van der Waals surface area contributed by atoms with Gasteiger partial charge in [0.05, 0.1) is 12.1 Å². The van der Waals surface area contributed by atoms with Gasteiger partial charge in [-0.15, -0.1) is 0 Å². The van der Waals surface area contributed by atoms with Crippen LogP contribution in [0.3, 0.4) is 0 Å². The Hall–Kier alpha value is -2.43. The molecule has 0 aliphatic rings. The molecule has 4 nitrogen and oxygen atoms in total. The van der Waals surface area contributed by atoms with Crippen LogP contribution >= 0.6 is 11.6 Å². The fourth-order valence-corrected chi connectivity index (χ4v) is 3.28. The van der Waals surface area contributed by atoms with Crippen LogP contribution in [-0.2, 0) is 11.3 Å². The van der Waals surface area contributed by atoms with Crippen LogP contribution in [0.4, 0.5) is 0 Å². The Bertz CT molecular complexity index is 972. The van der Waals surface area contributed by atoms with Gasteiger partial charge >= 0.3 is 0 Å². The standard InChI is InChI=1S/C22H23ClN2O2/c1-15-8-9-20-17(12-15)13-18(21(23)24-20)14-25(10-11-27-3)22(26)19-7-5-4-6-16(19)2/h4-9,12-13H,10-11,14H2,1-3H3. The van der Waals surface area contributed by atoms with E-state index >= 15 is 0 Å². The number of pyridine rings is 1. The molecule has 0 saturated heterocycles. The summed E-state index contributed by atoms with van der Waals surface area (Å²) in [7, 11) is 1.63. The van der Waals surface area contributed by atoms with Crippen LogP contribution in [0.1, 0.15) is 27.0 Å². The number of aromatic nitrogens is 1. The highest BCUT2D eigenvalue weighted by molar-refractivity contribution is 6.30. The van der Waals surface area contributed by atoms with Gasteiger partial charge in [0, 0.05) is 36.7 Å². The molecule has 1 heterocycles. The third-order valence-electron chi connectivity index (χ3n) is 4.59. The second-order valence-electron chi connectivity index (χ2n) is 6.67. The topological polar surface area (TPSA) is 42.4 Å². The van der Waals surface area contributed by atoms with Crippen LogP contribution < -0.4 is 0 Å². The lowest BCUT2D eigenvalue weighted by molar-refractivity contribution is 0.0679. The van der Waals surface area contributed by atoms with E-state index in [4.69, 9.17) is 16.3 Å². The molecule has 5 heteroatoms. The maximum Gasteiger partial charge on any atom is 0.254 e. The predicted octanol–water partition coefficient (Wildman–Crippen LogP) is 4.79. The number of benzene rings is 2. The molecule has 0 spiro atoms. The Morgan fingerprint density at radius 2 is 1.93 bits per heavy atom. The van der Waals surface area contributed by atoms with Gasteiger partial charge in [-0.3, -0.25) is 4.79 Å². The van der Waals surface area contributed by atoms with Crippen LogP contribution in [0.5, 0.6) is 0 Å². The molecule has 1 aromatic heterocycles. The van der Waals surface area contributed by atoms with Crippen molar-refractivity contribution < 1.29 is 9.53 Å². The highest BCUT2D eigenvalue weighted by Crippen LogP contribution is 2.24. The lowest BCUT2D eigenvalue weighted by Gasteiger charge is -2.24. The van der Waals surface area contributed by atoms with Crippen LogP contribution in [0, 0.1) is 13.8 Å². The summed E-state index contributed by atoms with van der Waals surface area (Å²) >= 11 is 6.42. The van der Waals surface area contributed by atoms with Gasteiger partial charge in [0.2, 0.25) is 0 Å². The van der Waals surface area contributed by atoms with Gasteiger partial charge in [0.15, 0.2) is 0 Å². The first-order valence-electron chi connectivity index (χ1n) is 8.89. The minimum absolute atomic E-state index is 0.0365. The monoisotopic (exact) mass is 382 g/mol. The summed E-state index contributed by atoms with van der Waals surface area (Å²) in [6, 6.07) is 15.7. The molecule has 0 N–H and O–H groups in total. The fraction of sp³-hybridized carbons (Fsp3) is 0.273. The van der Waals surface area contributed by atoms with Crippen molar-refractivity contribution in [2.75, 3.05) is 20.3 Å². The average Bonchev–Trinajstić information content (AvgIpc) is 2.65. The number of fused-ring (bicyclic) bond motifs is 1. The number of methoxy groups -OCH3 is 1. The summed E-state index contributed by atoms with van der Waals surface area (Å²) in [5, 5.41) is 1.44. The summed E-state index contributed by atoms with van der Waals surface area (Å²) < 4.78 is 5.20. The number of halogens is 1. The van der Waals surface area contributed by atoms with Gasteiger partial charge in [0.1, 0.15) is 5.15 Å². The second kappa shape index (κ2) is 8.51. The second-order valence-corrected chi connectivity index (χ2v) is 7.03. The van der Waals surface area contributed by atoms with Gasteiger partial charge in [-0.1, -0.05) is 41.4 Å². The quantitative estimate of drug-likeness (QED) is 0.575. The molecule has 3 aromatic rings. The molecule has 0 saturated carbocycles. The lowest BCUT2D eigenvalue weighted by atomic mass is 10.1. The first-order chi connectivity index (χ1) is 13.0. The minimum atomic E-state index is -0.0365. The molecule has 0 bridgehead atoms. The number of nitrogens with zero attached hydrogens (tertiary/aromatic N) is 2. The van der Waals surface area contributed by atoms with Crippen LogP contribution in [0.15, 0.2) is 48.5 Å². The van der Waals surface area contributed by atoms with Crippen LogP contribution in [0.2, 0.25) is 5.15 Å². The molecular weight excluding hydrogens is 360 g/mol. The van der Waals surface area contributed by atoms with Crippen LogP contribution in [0.25, 0.3) is 10.9 Å². The number of hydrogen-bond donors (Lipinski definition) is 0. The lowest BCUT2D eigenvalue weighted by Crippen LogP contribution is -2.34. The largest absolute Gasteiger partial charge is 0.383 e. The van der Waals surface area contributed by atoms with E-state index in [-0.39, 0.29) is 5.91 Å². The first kappa shape index (κ1) is 19.3. The Kier molecular flexibility index (Phi) is 6.09. The van der Waals surface area contributed by atoms with E-state index in [1.54, 1.807) is 12.0 Å². The Morgan fingerprint density at radius 1 is 1.15 bits per heavy atom. The van der Waals surface area contributed by atoms with Crippen LogP contribution in [-0.4, -0.2) is 36.1 Å². The predicted molar refractivity (Wildman–Crippen MR) is 109 cm³/mol. The van der Waals surface area contributed by atoms with Crippen molar-refractivity contribution in [3.8, 4) is 0 Å². The van der Waals surface area contributed by atoms with Gasteiger partial charge in [-0.2, -0.15) is 0 Å². The normalized spacial score (nSPS) is 11.0. The van der Waals surface area contributed by atoms with Crippen molar-refractivity contribution in [2.24, 2.45) is 0 Å². The summed E-state index contributed by atoms with van der Waals surface area (Å²) in [4.78, 5) is 19.4. The zero-order valence-electron chi connectivity index (χ0n) is 15.8. The Morgan fingerprint density at radius 3 is 2.67 bits per heavy atom. The van der Waals surface area contributed by atoms with E-state index in [0.29, 0.717) is 30.4 Å². The molecule has 0 unspecified atom stereocenters. The molecule has 27 heavy (non-hydrogen) atoms. The molecule has 0 atom stereocenters. The Labute approximate surface area is 164 Å². The highest BCUT2D eigenvalue weighted by atomic mass is 35.5. The van der Waals surface area contributed by atoms with E-state index in [1.807, 2.05) is 56.3 Å². The van der Waals surface area contributed by atoms with E-state index < -0.39 is 0 Å². The summed E-state index contributed by atoms with van der Waals surface area (Å²) in [5.74, 6) is -0.0365. The van der Waals surface area contributed by atoms with Gasteiger partial charge < -0.3 is 9.64 Å². The van der Waals surface area contributed by atoms with E-state index in [1.165, 1.54) is 0 Å². The molecule has 0 radical (unpaired) electrons. The van der Waals surface area contributed by atoms with Gasteiger partial charge in [0.25, 0.3) is 5.91 Å². The molecule has 2 aromatic carbocycles. The first-order valence-corrected chi connectivity index (χ1v) is 9.27. The third-order valence-corrected chi connectivity index (χ3v) is 4.91. The summed E-state index contributed by atoms with van der Waals surface area (Å²) in [6.07, 6.45) is 0. The number of carbonyl (C=O) groups excluding carboxylic acids is 1. The van der Waals surface area contributed by atoms with Crippen molar-refractivity contribution in [1.29, 1.82) is 0 Å². The van der Waals surface area contributed by atoms with Crippen molar-refractivity contribution in [3.05, 3.63) is 75.9 Å². The molecule has 1 amide bonds. The number of aryl methyl sites for hydroxylation is 2. The third kappa shape index (κ3) is 4.46. The van der Waals surface area contributed by atoms with Crippen molar-refractivity contribution >= 4 is 28.4 Å². The molecule has 0 aliphatic heterocycles. The zero-order chi connectivity index (χ0) is 19.4. The SMILES string of the molecule is COCCN(Cc1cc2cc(C)ccc2nc1Cl)C(=O)c1ccccc1C. The van der Waals surface area contributed by atoms with E-state index in [9.17, 15) is 4.79 Å². The van der Waals surface area contributed by atoms with Crippen molar-refractivity contribution in [1.82, 2.24) is 9.88 Å².